The van der Waals surface area contributed by atoms with E-state index in [9.17, 15) is 4.79 Å². The molecule has 1 fully saturated rings. The van der Waals surface area contributed by atoms with E-state index in [-0.39, 0.29) is 5.97 Å². The lowest BCUT2D eigenvalue weighted by atomic mass is 9.94. The molecule has 2 heteroatoms. The van der Waals surface area contributed by atoms with E-state index >= 15 is 0 Å². The van der Waals surface area contributed by atoms with Crippen molar-refractivity contribution in [1.29, 1.82) is 0 Å². The Morgan fingerprint density at radius 1 is 1.38 bits per heavy atom. The summed E-state index contributed by atoms with van der Waals surface area (Å²) in [6.07, 6.45) is 9.88. The third-order valence-electron chi connectivity index (χ3n) is 3.28. The van der Waals surface area contributed by atoms with Gasteiger partial charge in [-0.1, -0.05) is 38.3 Å². The highest BCUT2D eigenvalue weighted by Crippen LogP contribution is 2.22. The minimum Gasteiger partial charge on any atom is -0.465 e. The summed E-state index contributed by atoms with van der Waals surface area (Å²) >= 11 is 0. The number of carbonyl (C=O) groups is 1. The highest BCUT2D eigenvalue weighted by molar-refractivity contribution is 5.71. The monoisotopic (exact) mass is 224 g/mol. The van der Waals surface area contributed by atoms with Gasteiger partial charge in [0.25, 0.3) is 0 Å². The maximum atomic E-state index is 11.4. The molecule has 0 aromatic rings. The molecule has 0 N–H and O–H groups in total. The average molecular weight is 224 g/mol. The van der Waals surface area contributed by atoms with Gasteiger partial charge in [-0.25, -0.2) is 0 Å². The molecule has 0 spiro atoms. The molecule has 1 rings (SSSR count). The van der Waals surface area contributed by atoms with Crippen molar-refractivity contribution in [1.82, 2.24) is 0 Å². The maximum absolute atomic E-state index is 11.4. The van der Waals surface area contributed by atoms with Crippen molar-refractivity contribution in [2.45, 2.75) is 58.8 Å². The van der Waals surface area contributed by atoms with Gasteiger partial charge in [-0.05, 0) is 31.6 Å². The van der Waals surface area contributed by atoms with Crippen LogP contribution in [0.25, 0.3) is 0 Å². The largest absolute Gasteiger partial charge is 0.465 e. The molecule has 1 unspecified atom stereocenters. The van der Waals surface area contributed by atoms with E-state index in [1.807, 2.05) is 0 Å². The third kappa shape index (κ3) is 5.34. The van der Waals surface area contributed by atoms with E-state index < -0.39 is 0 Å². The van der Waals surface area contributed by atoms with Crippen molar-refractivity contribution < 1.29 is 9.53 Å². The Bertz CT molecular complexity index is 235. The van der Waals surface area contributed by atoms with Crippen molar-refractivity contribution >= 4 is 5.97 Å². The van der Waals surface area contributed by atoms with Crippen LogP contribution in [-0.2, 0) is 9.53 Å². The second-order valence-corrected chi connectivity index (χ2v) is 4.82. The van der Waals surface area contributed by atoms with Crippen molar-refractivity contribution in [2.24, 2.45) is 5.92 Å². The first-order valence-corrected chi connectivity index (χ1v) is 6.56. The van der Waals surface area contributed by atoms with Crippen LogP contribution in [0.3, 0.4) is 0 Å². The fourth-order valence-corrected chi connectivity index (χ4v) is 1.85. The number of esters is 1. The Labute approximate surface area is 99.1 Å². The van der Waals surface area contributed by atoms with Gasteiger partial charge in [-0.2, -0.15) is 0 Å². The average Bonchev–Trinajstić information content (AvgIpc) is 2.34. The maximum Gasteiger partial charge on any atom is 0.309 e. The topological polar surface area (TPSA) is 26.3 Å². The van der Waals surface area contributed by atoms with Gasteiger partial charge in [-0.3, -0.25) is 4.79 Å². The van der Waals surface area contributed by atoms with Crippen LogP contribution in [0.1, 0.15) is 58.8 Å². The van der Waals surface area contributed by atoms with Crippen molar-refractivity contribution in [2.75, 3.05) is 6.61 Å². The standard InChI is InChI=1S/C14H24O2/c1-3-12(2)11-16-14(15)10-9-13-7-5-4-6-8-13/h9,12H,3-8,10-11H2,1-2H3. The molecule has 1 aliphatic rings. The van der Waals surface area contributed by atoms with Crippen LogP contribution in [0, 0.1) is 5.92 Å². The van der Waals surface area contributed by atoms with Crippen LogP contribution in [-0.4, -0.2) is 12.6 Å². The number of carbonyl (C=O) groups excluding carboxylic acids is 1. The molecule has 1 aliphatic carbocycles. The van der Waals surface area contributed by atoms with Gasteiger partial charge >= 0.3 is 5.97 Å². The van der Waals surface area contributed by atoms with Crippen LogP contribution < -0.4 is 0 Å². The van der Waals surface area contributed by atoms with Crippen LogP contribution in [0.2, 0.25) is 0 Å². The second kappa shape index (κ2) is 7.48. The molecule has 1 atom stereocenters. The summed E-state index contributed by atoms with van der Waals surface area (Å²) in [4.78, 5) is 11.4. The van der Waals surface area contributed by atoms with E-state index in [1.165, 1.54) is 37.7 Å². The lowest BCUT2D eigenvalue weighted by molar-refractivity contribution is -0.143. The normalized spacial score (nSPS) is 18.0. The first kappa shape index (κ1) is 13.3. The molecular weight excluding hydrogens is 200 g/mol. The Balaban J connectivity index is 2.18. The molecule has 16 heavy (non-hydrogen) atoms. The lowest BCUT2D eigenvalue weighted by Gasteiger charge is -2.13. The van der Waals surface area contributed by atoms with Gasteiger partial charge in [0.2, 0.25) is 0 Å². The molecule has 92 valence electrons. The van der Waals surface area contributed by atoms with Crippen molar-refractivity contribution in [3.63, 3.8) is 0 Å². The van der Waals surface area contributed by atoms with Gasteiger partial charge < -0.3 is 4.74 Å². The van der Waals surface area contributed by atoms with Crippen molar-refractivity contribution in [3.05, 3.63) is 11.6 Å². The Morgan fingerprint density at radius 2 is 2.06 bits per heavy atom. The van der Waals surface area contributed by atoms with E-state index in [2.05, 4.69) is 19.9 Å². The van der Waals surface area contributed by atoms with Crippen LogP contribution in [0.4, 0.5) is 0 Å². The molecule has 0 aliphatic heterocycles. The zero-order valence-corrected chi connectivity index (χ0v) is 10.6. The van der Waals surface area contributed by atoms with Crippen LogP contribution in [0.5, 0.6) is 0 Å². The molecule has 2 nitrogen and oxygen atoms in total. The van der Waals surface area contributed by atoms with Gasteiger partial charge in [-0.15, -0.1) is 0 Å². The summed E-state index contributed by atoms with van der Waals surface area (Å²) in [5.41, 5.74) is 1.45. The van der Waals surface area contributed by atoms with E-state index in [0.29, 0.717) is 18.9 Å². The van der Waals surface area contributed by atoms with Crippen LogP contribution >= 0.6 is 0 Å². The molecule has 1 saturated carbocycles. The quantitative estimate of drug-likeness (QED) is 0.523. The summed E-state index contributed by atoms with van der Waals surface area (Å²) in [5.74, 6) is 0.407. The summed E-state index contributed by atoms with van der Waals surface area (Å²) in [6.45, 7) is 4.79. The molecule has 0 saturated heterocycles. The first-order valence-electron chi connectivity index (χ1n) is 6.56. The van der Waals surface area contributed by atoms with E-state index in [0.717, 1.165) is 6.42 Å². The van der Waals surface area contributed by atoms with Gasteiger partial charge in [0.15, 0.2) is 0 Å². The minimum absolute atomic E-state index is 0.0710. The second-order valence-electron chi connectivity index (χ2n) is 4.82. The predicted octanol–water partition coefficient (Wildman–Crippen LogP) is 3.86. The number of ether oxygens (including phenoxy) is 1. The lowest BCUT2D eigenvalue weighted by Crippen LogP contribution is -2.10. The molecular formula is C14H24O2. The Kier molecular flexibility index (Phi) is 6.20. The van der Waals surface area contributed by atoms with Gasteiger partial charge in [0, 0.05) is 0 Å². The summed E-state index contributed by atoms with van der Waals surface area (Å²) in [5, 5.41) is 0. The molecule has 0 aromatic heterocycles. The van der Waals surface area contributed by atoms with Gasteiger partial charge in [0.1, 0.15) is 0 Å². The number of hydrogen-bond donors (Lipinski definition) is 0. The van der Waals surface area contributed by atoms with E-state index in [4.69, 9.17) is 4.74 Å². The summed E-state index contributed by atoms with van der Waals surface area (Å²) in [6, 6.07) is 0. The molecule has 0 bridgehead atoms. The zero-order valence-electron chi connectivity index (χ0n) is 10.6. The highest BCUT2D eigenvalue weighted by atomic mass is 16.5. The number of allylic oxidation sites excluding steroid dienone is 1. The Morgan fingerprint density at radius 3 is 2.69 bits per heavy atom. The summed E-state index contributed by atoms with van der Waals surface area (Å²) < 4.78 is 5.20. The third-order valence-corrected chi connectivity index (χ3v) is 3.28. The highest BCUT2D eigenvalue weighted by Gasteiger charge is 2.07. The molecule has 0 heterocycles. The van der Waals surface area contributed by atoms with Gasteiger partial charge in [0.05, 0.1) is 13.0 Å². The summed E-state index contributed by atoms with van der Waals surface area (Å²) in [7, 11) is 0. The number of hydrogen-bond acceptors (Lipinski definition) is 2. The fraction of sp³-hybridized carbons (Fsp3) is 0.786. The SMILES string of the molecule is CCC(C)COC(=O)CC=C1CCCCC1. The van der Waals surface area contributed by atoms with Crippen molar-refractivity contribution in [3.8, 4) is 0 Å². The fourth-order valence-electron chi connectivity index (χ4n) is 1.85. The molecule has 0 radical (unpaired) electrons. The molecule has 0 amide bonds. The Hall–Kier alpha value is -0.790. The van der Waals surface area contributed by atoms with Crippen LogP contribution in [0.15, 0.2) is 11.6 Å². The predicted molar refractivity (Wildman–Crippen MR) is 66.2 cm³/mol. The number of rotatable bonds is 5. The first-order chi connectivity index (χ1) is 7.72. The smallest absolute Gasteiger partial charge is 0.309 e. The minimum atomic E-state index is -0.0710. The molecule has 0 aromatic carbocycles. The zero-order chi connectivity index (χ0) is 11.8. The van der Waals surface area contributed by atoms with E-state index in [1.54, 1.807) is 0 Å².